The Balaban J connectivity index is 1.49. The lowest BCUT2D eigenvalue weighted by Crippen LogP contribution is -2.38. The second-order valence-corrected chi connectivity index (χ2v) is 6.11. The number of hydrogen-bond donors (Lipinski definition) is 1. The number of likely N-dealkylation sites (N-methyl/N-ethyl adjacent to an activating group) is 1. The van der Waals surface area contributed by atoms with Crippen LogP contribution in [0.2, 0.25) is 0 Å². The molecule has 4 heteroatoms. The number of rotatable bonds is 4. The molecule has 2 aliphatic heterocycles. The van der Waals surface area contributed by atoms with Gasteiger partial charge in [-0.3, -0.25) is 0 Å². The van der Waals surface area contributed by atoms with Gasteiger partial charge in [-0.15, -0.1) is 0 Å². The van der Waals surface area contributed by atoms with Crippen LogP contribution in [-0.2, 0) is 6.42 Å². The van der Waals surface area contributed by atoms with E-state index in [1.807, 2.05) is 0 Å². The summed E-state index contributed by atoms with van der Waals surface area (Å²) in [7, 11) is 2.16. The molecule has 110 valence electrons. The molecule has 2 aliphatic rings. The number of benzene rings is 1. The maximum absolute atomic E-state index is 13.2. The lowest BCUT2D eigenvalue weighted by Gasteiger charge is -2.28. The Bertz CT molecular complexity index is 460. The summed E-state index contributed by atoms with van der Waals surface area (Å²) >= 11 is 0. The minimum atomic E-state index is -0.170. The van der Waals surface area contributed by atoms with Crippen molar-refractivity contribution in [3.63, 3.8) is 0 Å². The molecule has 0 amide bonds. The normalized spacial score (nSPS) is 22.9. The van der Waals surface area contributed by atoms with E-state index >= 15 is 0 Å². The molecule has 20 heavy (non-hydrogen) atoms. The molecule has 0 spiro atoms. The SMILES string of the molecule is CN(CC1CCNCC1)CC1Cc2cc(F)ccc2O1. The van der Waals surface area contributed by atoms with Gasteiger partial charge in [-0.2, -0.15) is 0 Å². The number of ether oxygens (including phenoxy) is 1. The van der Waals surface area contributed by atoms with E-state index in [1.165, 1.54) is 18.9 Å². The average Bonchev–Trinajstić information content (AvgIpc) is 2.80. The van der Waals surface area contributed by atoms with Gasteiger partial charge in [0.25, 0.3) is 0 Å². The molecular formula is C16H23FN2O. The van der Waals surface area contributed by atoms with Crippen molar-refractivity contribution >= 4 is 0 Å². The summed E-state index contributed by atoms with van der Waals surface area (Å²) in [6.45, 7) is 4.33. The summed E-state index contributed by atoms with van der Waals surface area (Å²) in [5.74, 6) is 1.48. The third-order valence-corrected chi connectivity index (χ3v) is 4.31. The summed E-state index contributed by atoms with van der Waals surface area (Å²) in [4.78, 5) is 2.36. The third-order valence-electron chi connectivity index (χ3n) is 4.31. The molecule has 1 fully saturated rings. The third kappa shape index (κ3) is 3.30. The first kappa shape index (κ1) is 13.8. The Morgan fingerprint density at radius 3 is 2.90 bits per heavy atom. The van der Waals surface area contributed by atoms with Crippen molar-refractivity contribution in [1.29, 1.82) is 0 Å². The van der Waals surface area contributed by atoms with Crippen molar-refractivity contribution in [2.45, 2.75) is 25.4 Å². The number of piperidine rings is 1. The Labute approximate surface area is 120 Å². The van der Waals surface area contributed by atoms with Gasteiger partial charge >= 0.3 is 0 Å². The van der Waals surface area contributed by atoms with Gasteiger partial charge < -0.3 is 15.0 Å². The fourth-order valence-corrected chi connectivity index (χ4v) is 3.32. The highest BCUT2D eigenvalue weighted by Gasteiger charge is 2.25. The molecule has 0 aromatic heterocycles. The molecular weight excluding hydrogens is 255 g/mol. The molecule has 1 unspecified atom stereocenters. The van der Waals surface area contributed by atoms with Crippen LogP contribution in [0.15, 0.2) is 18.2 Å². The zero-order valence-electron chi connectivity index (χ0n) is 12.1. The van der Waals surface area contributed by atoms with E-state index in [9.17, 15) is 4.39 Å². The van der Waals surface area contributed by atoms with Crippen LogP contribution in [0.25, 0.3) is 0 Å². The van der Waals surface area contributed by atoms with Gasteiger partial charge in [0.1, 0.15) is 17.7 Å². The quantitative estimate of drug-likeness (QED) is 0.912. The maximum Gasteiger partial charge on any atom is 0.123 e. The number of nitrogens with zero attached hydrogens (tertiary/aromatic N) is 1. The molecule has 0 bridgehead atoms. The average molecular weight is 278 g/mol. The largest absolute Gasteiger partial charge is 0.488 e. The van der Waals surface area contributed by atoms with E-state index in [1.54, 1.807) is 12.1 Å². The summed E-state index contributed by atoms with van der Waals surface area (Å²) in [5, 5.41) is 3.40. The summed E-state index contributed by atoms with van der Waals surface area (Å²) in [5.41, 5.74) is 1.00. The molecule has 0 saturated carbocycles. The number of fused-ring (bicyclic) bond motifs is 1. The maximum atomic E-state index is 13.2. The number of nitrogens with one attached hydrogen (secondary N) is 1. The summed E-state index contributed by atoms with van der Waals surface area (Å²) < 4.78 is 19.1. The highest BCUT2D eigenvalue weighted by Crippen LogP contribution is 2.29. The van der Waals surface area contributed by atoms with E-state index in [0.717, 1.165) is 49.8 Å². The molecule has 1 aromatic carbocycles. The van der Waals surface area contributed by atoms with E-state index in [0.29, 0.717) is 0 Å². The smallest absolute Gasteiger partial charge is 0.123 e. The summed E-state index contributed by atoms with van der Waals surface area (Å²) in [6.07, 6.45) is 3.52. The van der Waals surface area contributed by atoms with Gasteiger partial charge in [0.05, 0.1) is 0 Å². The van der Waals surface area contributed by atoms with Gasteiger partial charge in [0.15, 0.2) is 0 Å². The fraction of sp³-hybridized carbons (Fsp3) is 0.625. The van der Waals surface area contributed by atoms with Crippen LogP contribution >= 0.6 is 0 Å². The predicted octanol–water partition coefficient (Wildman–Crippen LogP) is 2.06. The zero-order chi connectivity index (χ0) is 13.9. The highest BCUT2D eigenvalue weighted by molar-refractivity contribution is 5.37. The predicted molar refractivity (Wildman–Crippen MR) is 77.6 cm³/mol. The minimum Gasteiger partial charge on any atom is -0.488 e. The second kappa shape index (κ2) is 6.10. The van der Waals surface area contributed by atoms with Crippen LogP contribution in [0.4, 0.5) is 4.39 Å². The van der Waals surface area contributed by atoms with Crippen LogP contribution in [0.1, 0.15) is 18.4 Å². The Morgan fingerprint density at radius 1 is 1.30 bits per heavy atom. The van der Waals surface area contributed by atoms with Gasteiger partial charge in [0, 0.05) is 25.1 Å². The van der Waals surface area contributed by atoms with Crippen LogP contribution in [-0.4, -0.2) is 44.2 Å². The van der Waals surface area contributed by atoms with Crippen LogP contribution < -0.4 is 10.1 Å². The zero-order valence-corrected chi connectivity index (χ0v) is 12.1. The topological polar surface area (TPSA) is 24.5 Å². The Morgan fingerprint density at radius 2 is 2.10 bits per heavy atom. The molecule has 2 heterocycles. The number of hydrogen-bond acceptors (Lipinski definition) is 3. The Kier molecular flexibility index (Phi) is 4.22. The second-order valence-electron chi connectivity index (χ2n) is 6.11. The first-order chi connectivity index (χ1) is 9.70. The van der Waals surface area contributed by atoms with Crippen molar-refractivity contribution in [1.82, 2.24) is 10.2 Å². The van der Waals surface area contributed by atoms with Crippen LogP contribution in [0.5, 0.6) is 5.75 Å². The van der Waals surface area contributed by atoms with Gasteiger partial charge in [-0.05, 0) is 57.1 Å². The van der Waals surface area contributed by atoms with Crippen molar-refractivity contribution in [3.05, 3.63) is 29.6 Å². The van der Waals surface area contributed by atoms with Crippen LogP contribution in [0, 0.1) is 11.7 Å². The molecule has 1 saturated heterocycles. The van der Waals surface area contributed by atoms with Gasteiger partial charge in [-0.25, -0.2) is 4.39 Å². The monoisotopic (exact) mass is 278 g/mol. The lowest BCUT2D eigenvalue weighted by atomic mass is 9.97. The van der Waals surface area contributed by atoms with Crippen molar-refractivity contribution in [2.24, 2.45) is 5.92 Å². The molecule has 1 aromatic rings. The fourth-order valence-electron chi connectivity index (χ4n) is 3.32. The molecule has 3 nitrogen and oxygen atoms in total. The van der Waals surface area contributed by atoms with E-state index in [-0.39, 0.29) is 11.9 Å². The van der Waals surface area contributed by atoms with Crippen LogP contribution in [0.3, 0.4) is 0 Å². The van der Waals surface area contributed by atoms with E-state index < -0.39 is 0 Å². The minimum absolute atomic E-state index is 0.165. The molecule has 0 aliphatic carbocycles. The molecule has 1 N–H and O–H groups in total. The first-order valence-corrected chi connectivity index (χ1v) is 7.55. The highest BCUT2D eigenvalue weighted by atomic mass is 19.1. The number of halogens is 1. The van der Waals surface area contributed by atoms with E-state index in [4.69, 9.17) is 4.74 Å². The van der Waals surface area contributed by atoms with Gasteiger partial charge in [-0.1, -0.05) is 0 Å². The van der Waals surface area contributed by atoms with Gasteiger partial charge in [0.2, 0.25) is 0 Å². The summed E-state index contributed by atoms with van der Waals surface area (Å²) in [6, 6.07) is 4.82. The standard InChI is InChI=1S/C16H23FN2O/c1-19(10-12-4-6-18-7-5-12)11-15-9-13-8-14(17)2-3-16(13)20-15/h2-3,8,12,15,18H,4-7,9-11H2,1H3. The Hall–Kier alpha value is -1.13. The van der Waals surface area contributed by atoms with E-state index in [2.05, 4.69) is 17.3 Å². The first-order valence-electron chi connectivity index (χ1n) is 7.55. The molecule has 0 radical (unpaired) electrons. The van der Waals surface area contributed by atoms with Crippen molar-refractivity contribution < 1.29 is 9.13 Å². The van der Waals surface area contributed by atoms with Crippen molar-refractivity contribution in [3.8, 4) is 5.75 Å². The molecule has 1 atom stereocenters. The lowest BCUT2D eigenvalue weighted by molar-refractivity contribution is 0.149. The van der Waals surface area contributed by atoms with Crippen molar-refractivity contribution in [2.75, 3.05) is 33.2 Å². The molecule has 3 rings (SSSR count).